The van der Waals surface area contributed by atoms with Gasteiger partial charge >= 0.3 is 0 Å². The summed E-state index contributed by atoms with van der Waals surface area (Å²) in [7, 11) is 1.63. The summed E-state index contributed by atoms with van der Waals surface area (Å²) >= 11 is 4.04. The third-order valence-corrected chi connectivity index (χ3v) is 1.96. The fourth-order valence-electron chi connectivity index (χ4n) is 1.08. The van der Waals surface area contributed by atoms with Crippen LogP contribution in [0.4, 0.5) is 0 Å². The van der Waals surface area contributed by atoms with Crippen LogP contribution < -0.4 is 9.47 Å². The van der Waals surface area contributed by atoms with Crippen molar-refractivity contribution in [3.05, 3.63) is 24.3 Å². The van der Waals surface area contributed by atoms with E-state index < -0.39 is 0 Å². The van der Waals surface area contributed by atoms with Crippen molar-refractivity contribution in [2.75, 3.05) is 32.7 Å². The Bertz CT molecular complexity index is 278. The lowest BCUT2D eigenvalue weighted by molar-refractivity contribution is 0.112. The van der Waals surface area contributed by atoms with Crippen LogP contribution in [0.1, 0.15) is 0 Å². The van der Waals surface area contributed by atoms with E-state index in [4.69, 9.17) is 14.2 Å². The number of rotatable bonds is 7. The Labute approximate surface area is 95.8 Å². The lowest BCUT2D eigenvalue weighted by Crippen LogP contribution is -2.07. The maximum Gasteiger partial charge on any atom is 0.123 e. The molecule has 0 aliphatic carbocycles. The molecule has 0 N–H and O–H groups in total. The summed E-state index contributed by atoms with van der Waals surface area (Å²) in [5.41, 5.74) is 0. The fraction of sp³-hybridized carbons (Fsp3) is 0.455. The molecule has 0 aromatic heterocycles. The molecule has 0 atom stereocenters. The van der Waals surface area contributed by atoms with Crippen LogP contribution in [0.15, 0.2) is 24.3 Å². The Balaban J connectivity index is 2.24. The predicted octanol–water partition coefficient (Wildman–Crippen LogP) is 2.02. The summed E-state index contributed by atoms with van der Waals surface area (Å²) in [6.45, 7) is 1.78. The molecule has 0 aliphatic rings. The minimum Gasteiger partial charge on any atom is -0.497 e. The van der Waals surface area contributed by atoms with Crippen molar-refractivity contribution in [3.63, 3.8) is 0 Å². The Hall–Kier alpha value is -0.870. The van der Waals surface area contributed by atoms with Gasteiger partial charge in [0.2, 0.25) is 0 Å². The average Bonchev–Trinajstić information content (AvgIpc) is 2.29. The Morgan fingerprint density at radius 3 is 2.67 bits per heavy atom. The zero-order valence-electron chi connectivity index (χ0n) is 8.81. The van der Waals surface area contributed by atoms with Crippen molar-refractivity contribution in [3.8, 4) is 11.5 Å². The van der Waals surface area contributed by atoms with Gasteiger partial charge in [0.25, 0.3) is 0 Å². The first-order chi connectivity index (χ1) is 7.36. The summed E-state index contributed by atoms with van der Waals surface area (Å²) in [5, 5.41) is 0. The molecule has 0 amide bonds. The van der Waals surface area contributed by atoms with Gasteiger partial charge in [-0.3, -0.25) is 0 Å². The summed E-state index contributed by atoms with van der Waals surface area (Å²) in [4.78, 5) is 0. The maximum atomic E-state index is 5.47. The van der Waals surface area contributed by atoms with Crippen LogP contribution in [-0.4, -0.2) is 32.7 Å². The summed E-state index contributed by atoms with van der Waals surface area (Å²) in [6, 6.07) is 7.51. The lowest BCUT2D eigenvalue weighted by atomic mass is 10.3. The molecular weight excluding hydrogens is 212 g/mol. The molecule has 1 aromatic carbocycles. The van der Waals surface area contributed by atoms with E-state index in [9.17, 15) is 0 Å². The van der Waals surface area contributed by atoms with Crippen LogP contribution in [0.5, 0.6) is 11.5 Å². The SMILES string of the molecule is COc1cccc(OCCOCCS)c1. The van der Waals surface area contributed by atoms with Gasteiger partial charge in [-0.2, -0.15) is 12.6 Å². The highest BCUT2D eigenvalue weighted by atomic mass is 32.1. The third-order valence-electron chi connectivity index (χ3n) is 1.77. The zero-order chi connectivity index (χ0) is 10.9. The number of ether oxygens (including phenoxy) is 3. The van der Waals surface area contributed by atoms with Crippen molar-refractivity contribution in [1.82, 2.24) is 0 Å². The molecule has 0 unspecified atom stereocenters. The van der Waals surface area contributed by atoms with Gasteiger partial charge in [0.05, 0.1) is 20.3 Å². The smallest absolute Gasteiger partial charge is 0.123 e. The first-order valence-electron chi connectivity index (χ1n) is 4.82. The molecular formula is C11H16O3S. The quantitative estimate of drug-likeness (QED) is 0.571. The first kappa shape index (κ1) is 12.2. The van der Waals surface area contributed by atoms with Gasteiger partial charge in [0, 0.05) is 11.8 Å². The lowest BCUT2D eigenvalue weighted by Gasteiger charge is -2.07. The largest absolute Gasteiger partial charge is 0.497 e. The molecule has 4 heteroatoms. The van der Waals surface area contributed by atoms with Crippen molar-refractivity contribution >= 4 is 12.6 Å². The molecule has 0 radical (unpaired) electrons. The molecule has 0 saturated carbocycles. The molecule has 1 aromatic rings. The van der Waals surface area contributed by atoms with Gasteiger partial charge in [-0.1, -0.05) is 6.07 Å². The van der Waals surface area contributed by atoms with E-state index in [0.717, 1.165) is 17.3 Å². The monoisotopic (exact) mass is 228 g/mol. The van der Waals surface area contributed by atoms with E-state index in [1.807, 2.05) is 24.3 Å². The number of hydrogen-bond acceptors (Lipinski definition) is 4. The fourth-order valence-corrected chi connectivity index (χ4v) is 1.21. The molecule has 1 rings (SSSR count). The van der Waals surface area contributed by atoms with Gasteiger partial charge in [-0.15, -0.1) is 0 Å². The standard InChI is InChI=1S/C11H16O3S/c1-12-10-3-2-4-11(9-10)14-6-5-13-7-8-15/h2-4,9,15H,5-8H2,1H3. The second kappa shape index (κ2) is 7.43. The highest BCUT2D eigenvalue weighted by Gasteiger charge is 1.96. The second-order valence-electron chi connectivity index (χ2n) is 2.86. The van der Waals surface area contributed by atoms with Crippen molar-refractivity contribution < 1.29 is 14.2 Å². The predicted molar refractivity (Wildman–Crippen MR) is 63.2 cm³/mol. The highest BCUT2D eigenvalue weighted by molar-refractivity contribution is 7.80. The Kier molecular flexibility index (Phi) is 6.04. The van der Waals surface area contributed by atoms with E-state index >= 15 is 0 Å². The minimum absolute atomic E-state index is 0.543. The average molecular weight is 228 g/mol. The molecule has 0 saturated heterocycles. The topological polar surface area (TPSA) is 27.7 Å². The Morgan fingerprint density at radius 2 is 1.93 bits per heavy atom. The number of hydrogen-bond donors (Lipinski definition) is 1. The molecule has 0 aliphatic heterocycles. The van der Waals surface area contributed by atoms with E-state index in [1.54, 1.807) is 7.11 Å². The van der Waals surface area contributed by atoms with Gasteiger partial charge in [-0.25, -0.2) is 0 Å². The molecule has 0 fully saturated rings. The minimum atomic E-state index is 0.543. The third kappa shape index (κ3) is 4.95. The van der Waals surface area contributed by atoms with Gasteiger partial charge in [0.1, 0.15) is 18.1 Å². The highest BCUT2D eigenvalue weighted by Crippen LogP contribution is 2.18. The van der Waals surface area contributed by atoms with E-state index in [2.05, 4.69) is 12.6 Å². The maximum absolute atomic E-state index is 5.47. The van der Waals surface area contributed by atoms with Crippen LogP contribution in [0.2, 0.25) is 0 Å². The van der Waals surface area contributed by atoms with Crippen LogP contribution in [0, 0.1) is 0 Å². The molecule has 15 heavy (non-hydrogen) atoms. The number of thiol groups is 1. The van der Waals surface area contributed by atoms with Crippen LogP contribution in [-0.2, 0) is 4.74 Å². The van der Waals surface area contributed by atoms with E-state index in [1.165, 1.54) is 0 Å². The van der Waals surface area contributed by atoms with Gasteiger partial charge < -0.3 is 14.2 Å². The second-order valence-corrected chi connectivity index (χ2v) is 3.31. The van der Waals surface area contributed by atoms with Gasteiger partial charge in [0.15, 0.2) is 0 Å². The first-order valence-corrected chi connectivity index (χ1v) is 5.45. The number of methoxy groups -OCH3 is 1. The van der Waals surface area contributed by atoms with Gasteiger partial charge in [-0.05, 0) is 12.1 Å². The molecule has 0 heterocycles. The normalized spacial score (nSPS) is 10.0. The summed E-state index contributed by atoms with van der Waals surface area (Å²) in [6.07, 6.45) is 0. The number of benzene rings is 1. The van der Waals surface area contributed by atoms with Crippen LogP contribution in [0.3, 0.4) is 0 Å². The van der Waals surface area contributed by atoms with Crippen LogP contribution >= 0.6 is 12.6 Å². The molecule has 3 nitrogen and oxygen atoms in total. The van der Waals surface area contributed by atoms with E-state index in [-0.39, 0.29) is 0 Å². The summed E-state index contributed by atoms with van der Waals surface area (Å²) in [5.74, 6) is 2.33. The van der Waals surface area contributed by atoms with Crippen molar-refractivity contribution in [2.45, 2.75) is 0 Å². The Morgan fingerprint density at radius 1 is 1.13 bits per heavy atom. The van der Waals surface area contributed by atoms with Crippen molar-refractivity contribution in [2.24, 2.45) is 0 Å². The van der Waals surface area contributed by atoms with Crippen molar-refractivity contribution in [1.29, 1.82) is 0 Å². The molecule has 84 valence electrons. The zero-order valence-corrected chi connectivity index (χ0v) is 9.70. The molecule has 0 bridgehead atoms. The summed E-state index contributed by atoms with van der Waals surface area (Å²) < 4.78 is 15.8. The molecule has 0 spiro atoms. The van der Waals surface area contributed by atoms with E-state index in [0.29, 0.717) is 19.8 Å². The van der Waals surface area contributed by atoms with Crippen LogP contribution in [0.25, 0.3) is 0 Å².